The van der Waals surface area contributed by atoms with Crippen molar-refractivity contribution in [2.45, 2.75) is 20.8 Å². The summed E-state index contributed by atoms with van der Waals surface area (Å²) in [6.07, 6.45) is 5.15. The minimum Gasteiger partial charge on any atom is -0.492 e. The number of nitrogens with zero attached hydrogens (tertiary/aromatic N) is 5. The summed E-state index contributed by atoms with van der Waals surface area (Å²) in [5.74, 6) is 1.66. The Balaban J connectivity index is 1.48. The van der Waals surface area contributed by atoms with Gasteiger partial charge in [0.1, 0.15) is 30.4 Å². The van der Waals surface area contributed by atoms with Gasteiger partial charge in [-0.05, 0) is 48.7 Å². The van der Waals surface area contributed by atoms with Crippen molar-refractivity contribution in [2.75, 3.05) is 17.2 Å². The number of aryl methyl sites for hydroxylation is 2. The molecule has 10 heteroatoms. The van der Waals surface area contributed by atoms with Crippen LogP contribution in [0, 0.1) is 18.3 Å². The molecule has 5 rings (SSSR count). The first kappa shape index (κ1) is 24.5. The average molecular weight is 509 g/mol. The number of aromatic nitrogens is 4. The summed E-state index contributed by atoms with van der Waals surface area (Å²) in [6.45, 7) is 5.69. The van der Waals surface area contributed by atoms with Crippen molar-refractivity contribution in [2.24, 2.45) is 7.05 Å². The highest BCUT2D eigenvalue weighted by Crippen LogP contribution is 2.37. The molecule has 0 aliphatic rings. The maximum Gasteiger partial charge on any atom is 0.307 e. The number of carbonyl (C=O) groups is 1. The zero-order valence-electron chi connectivity index (χ0n) is 21.4. The lowest BCUT2D eigenvalue weighted by molar-refractivity contribution is -0.739. The van der Waals surface area contributed by atoms with Crippen LogP contribution in [0.4, 0.5) is 17.1 Å². The second kappa shape index (κ2) is 10.1. The molecule has 3 heterocycles. The topological polar surface area (TPSA) is 117 Å². The fourth-order valence-corrected chi connectivity index (χ4v) is 4.20. The molecule has 0 radical (unpaired) electrons. The summed E-state index contributed by atoms with van der Waals surface area (Å²) < 4.78 is 15.6. The number of benzene rings is 2. The van der Waals surface area contributed by atoms with E-state index in [1.165, 1.54) is 13.1 Å². The van der Waals surface area contributed by atoms with E-state index in [1.54, 1.807) is 18.5 Å². The van der Waals surface area contributed by atoms with Gasteiger partial charge >= 0.3 is 6.33 Å². The second-order valence-corrected chi connectivity index (χ2v) is 8.73. The molecular weight excluding hydrogens is 482 g/mol. The quantitative estimate of drug-likeness (QED) is 0.304. The largest absolute Gasteiger partial charge is 0.492 e. The number of rotatable bonds is 7. The highest BCUT2D eigenvalue weighted by atomic mass is 16.5. The first-order valence-corrected chi connectivity index (χ1v) is 12.0. The van der Waals surface area contributed by atoms with Gasteiger partial charge in [-0.15, -0.1) is 4.52 Å². The fourth-order valence-electron chi connectivity index (χ4n) is 4.20. The molecule has 5 aromatic rings. The van der Waals surface area contributed by atoms with E-state index in [0.717, 1.165) is 16.9 Å². The van der Waals surface area contributed by atoms with Crippen molar-refractivity contribution in [1.29, 1.82) is 5.26 Å². The molecule has 0 atom stereocenters. The highest BCUT2D eigenvalue weighted by Gasteiger charge is 2.16. The van der Waals surface area contributed by atoms with Gasteiger partial charge in [-0.3, -0.25) is 9.78 Å². The van der Waals surface area contributed by atoms with Crippen molar-refractivity contribution in [3.8, 4) is 23.3 Å². The van der Waals surface area contributed by atoms with Crippen LogP contribution in [-0.2, 0) is 11.8 Å². The number of nitriles is 1. The van der Waals surface area contributed by atoms with Crippen LogP contribution in [0.15, 0.2) is 61.2 Å². The van der Waals surface area contributed by atoms with Crippen molar-refractivity contribution in [3.05, 3.63) is 72.3 Å². The Morgan fingerprint density at radius 1 is 1.16 bits per heavy atom. The number of pyridine rings is 2. The third-order valence-electron chi connectivity index (χ3n) is 5.96. The minimum absolute atomic E-state index is 0.226. The fraction of sp³-hybridized carbons (Fsp3) is 0.179. The summed E-state index contributed by atoms with van der Waals surface area (Å²) in [5, 5.41) is 16.6. The molecule has 0 saturated carbocycles. The lowest BCUT2D eigenvalue weighted by atomic mass is 10.1. The van der Waals surface area contributed by atoms with Crippen LogP contribution in [-0.4, -0.2) is 27.0 Å². The van der Waals surface area contributed by atoms with Crippen LogP contribution >= 0.6 is 0 Å². The molecular formula is C28H26N7O3+. The Morgan fingerprint density at radius 3 is 2.74 bits per heavy atom. The summed E-state index contributed by atoms with van der Waals surface area (Å²) in [4.78, 5) is 20.6. The lowest BCUT2D eigenvalue weighted by Crippen LogP contribution is -2.33. The molecule has 0 aliphatic carbocycles. The monoisotopic (exact) mass is 508 g/mol. The van der Waals surface area contributed by atoms with E-state index in [1.807, 2.05) is 66.6 Å². The smallest absolute Gasteiger partial charge is 0.307 e. The normalized spacial score (nSPS) is 10.8. The van der Waals surface area contributed by atoms with Gasteiger partial charge in [-0.1, -0.05) is 0 Å². The summed E-state index contributed by atoms with van der Waals surface area (Å²) >= 11 is 0. The molecule has 0 saturated heterocycles. The van der Waals surface area contributed by atoms with Gasteiger partial charge in [0.05, 0.1) is 41.3 Å². The van der Waals surface area contributed by atoms with Crippen LogP contribution in [0.2, 0.25) is 0 Å². The van der Waals surface area contributed by atoms with E-state index >= 15 is 0 Å². The number of hydrogen-bond donors (Lipinski definition) is 2. The van der Waals surface area contributed by atoms with Gasteiger partial charge in [-0.2, -0.15) is 9.94 Å². The Kier molecular flexibility index (Phi) is 6.49. The third-order valence-corrected chi connectivity index (χ3v) is 5.96. The Labute approximate surface area is 219 Å². The number of ether oxygens (including phenoxy) is 2. The Morgan fingerprint density at radius 2 is 2.00 bits per heavy atom. The lowest BCUT2D eigenvalue weighted by Gasteiger charge is -2.16. The summed E-state index contributed by atoms with van der Waals surface area (Å²) in [5.41, 5.74) is 4.54. The van der Waals surface area contributed by atoms with Gasteiger partial charge in [-0.25, -0.2) is 0 Å². The molecule has 2 aromatic carbocycles. The third kappa shape index (κ3) is 4.77. The van der Waals surface area contributed by atoms with Gasteiger partial charge in [0, 0.05) is 36.3 Å². The number of hydrogen-bond acceptors (Lipinski definition) is 7. The van der Waals surface area contributed by atoms with Crippen LogP contribution < -0.4 is 24.8 Å². The molecule has 3 aromatic heterocycles. The average Bonchev–Trinajstić information content (AvgIpc) is 3.26. The predicted molar refractivity (Wildman–Crippen MR) is 143 cm³/mol. The van der Waals surface area contributed by atoms with E-state index in [-0.39, 0.29) is 5.91 Å². The molecule has 0 fully saturated rings. The van der Waals surface area contributed by atoms with Gasteiger partial charge in [0.2, 0.25) is 5.91 Å². The zero-order chi connectivity index (χ0) is 26.8. The van der Waals surface area contributed by atoms with E-state index in [9.17, 15) is 10.1 Å². The standard InChI is InChI=1S/C28H25N7O3/c1-5-37-26-13-23-22(12-24(26)32-18(3)36)28(19(14-29)15-30-23)33-20-6-7-25(17(2)10-20)38-21-8-9-35-27(11-21)31-16-34(35)4/h6-13,15-16H,5H2,1-4H3,(H-,30,32,33,36)/p+1. The molecule has 0 aliphatic heterocycles. The highest BCUT2D eigenvalue weighted by molar-refractivity contribution is 6.01. The first-order valence-electron chi connectivity index (χ1n) is 12.0. The van der Waals surface area contributed by atoms with E-state index in [0.29, 0.717) is 51.7 Å². The number of anilines is 3. The van der Waals surface area contributed by atoms with Crippen molar-refractivity contribution < 1.29 is 19.0 Å². The molecule has 1 amide bonds. The van der Waals surface area contributed by atoms with Crippen LogP contribution in [0.3, 0.4) is 0 Å². The van der Waals surface area contributed by atoms with Gasteiger partial charge in [0.25, 0.3) is 5.65 Å². The Bertz CT molecular complexity index is 1740. The van der Waals surface area contributed by atoms with Crippen LogP contribution in [0.25, 0.3) is 16.6 Å². The zero-order valence-corrected chi connectivity index (χ0v) is 21.4. The van der Waals surface area contributed by atoms with Crippen molar-refractivity contribution in [1.82, 2.24) is 14.5 Å². The van der Waals surface area contributed by atoms with Crippen LogP contribution in [0.1, 0.15) is 25.0 Å². The number of fused-ring (bicyclic) bond motifs is 2. The first-order chi connectivity index (χ1) is 18.4. The summed E-state index contributed by atoms with van der Waals surface area (Å²) in [7, 11) is 1.92. The van der Waals surface area contributed by atoms with Crippen LogP contribution in [0.5, 0.6) is 17.2 Å². The van der Waals surface area contributed by atoms with Crippen molar-refractivity contribution >= 4 is 39.5 Å². The van der Waals surface area contributed by atoms with Gasteiger partial charge in [0.15, 0.2) is 0 Å². The Hall–Kier alpha value is -5.17. The van der Waals surface area contributed by atoms with E-state index in [4.69, 9.17) is 9.47 Å². The molecule has 190 valence electrons. The second-order valence-electron chi connectivity index (χ2n) is 8.73. The SMILES string of the molecule is CCOc1cc2ncc(C#N)c(Nc3ccc(Oc4ccn5c(c4)nc[n+]5C)c(C)c3)c2cc1NC(C)=O. The van der Waals surface area contributed by atoms with E-state index < -0.39 is 0 Å². The molecule has 0 bridgehead atoms. The predicted octanol–water partition coefficient (Wildman–Crippen LogP) is 4.78. The molecule has 38 heavy (non-hydrogen) atoms. The number of amides is 1. The molecule has 2 N–H and O–H groups in total. The maximum atomic E-state index is 11.8. The maximum absolute atomic E-state index is 11.8. The molecule has 0 spiro atoms. The minimum atomic E-state index is -0.226. The number of carbonyl (C=O) groups excluding carboxylic acids is 1. The van der Waals surface area contributed by atoms with E-state index in [2.05, 4.69) is 26.7 Å². The van der Waals surface area contributed by atoms with Crippen molar-refractivity contribution in [3.63, 3.8) is 0 Å². The molecule has 0 unspecified atom stereocenters. The summed E-state index contributed by atoms with van der Waals surface area (Å²) in [6, 6.07) is 15.2. The number of nitrogens with one attached hydrogen (secondary N) is 2. The van der Waals surface area contributed by atoms with Gasteiger partial charge < -0.3 is 20.1 Å². The molecule has 10 nitrogen and oxygen atoms in total.